The molecule has 2 aliphatic rings. The van der Waals surface area contributed by atoms with E-state index in [-0.39, 0.29) is 17.9 Å². The van der Waals surface area contributed by atoms with Gasteiger partial charge in [-0.05, 0) is 37.8 Å². The molecule has 0 radical (unpaired) electrons. The molecule has 5 N–H and O–H groups in total. The van der Waals surface area contributed by atoms with E-state index in [1.54, 1.807) is 13.4 Å². The number of hydrogen-bond acceptors (Lipinski definition) is 9. The lowest BCUT2D eigenvalue weighted by molar-refractivity contribution is -0.122. The predicted octanol–water partition coefficient (Wildman–Crippen LogP) is 2.40. The maximum atomic E-state index is 11.5. The number of hydrogen-bond donors (Lipinski definition) is 4. The van der Waals surface area contributed by atoms with Gasteiger partial charge in [0, 0.05) is 50.0 Å². The fraction of sp³-hybridized carbons (Fsp3) is 0.478. The summed E-state index contributed by atoms with van der Waals surface area (Å²) < 4.78 is 11.1. The molecule has 5 rings (SSSR count). The molecule has 11 heteroatoms. The highest BCUT2D eigenvalue weighted by Gasteiger charge is 2.24. The first-order chi connectivity index (χ1) is 16.6. The van der Waals surface area contributed by atoms with Crippen LogP contribution >= 0.6 is 0 Å². The molecule has 2 aliphatic heterocycles. The van der Waals surface area contributed by atoms with Gasteiger partial charge < -0.3 is 35.7 Å². The summed E-state index contributed by atoms with van der Waals surface area (Å²) in [6, 6.07) is 6.26. The van der Waals surface area contributed by atoms with Crippen molar-refractivity contribution in [2.75, 3.05) is 48.9 Å². The third kappa shape index (κ3) is 4.69. The van der Waals surface area contributed by atoms with Gasteiger partial charge in [0.05, 0.1) is 19.1 Å². The largest absolute Gasteiger partial charge is 0.494 e. The molecule has 11 nitrogen and oxygen atoms in total. The third-order valence-electron chi connectivity index (χ3n) is 6.54. The lowest BCUT2D eigenvalue weighted by atomic mass is 9.96. The molecule has 1 aromatic carbocycles. The average Bonchev–Trinajstić information content (AvgIpc) is 3.34. The normalized spacial score (nSPS) is 17.6. The number of aromatic amines is 1. The van der Waals surface area contributed by atoms with Crippen molar-refractivity contribution in [3.8, 4) is 5.75 Å². The topological polar surface area (TPSA) is 143 Å². The van der Waals surface area contributed by atoms with Gasteiger partial charge in [-0.15, -0.1) is 0 Å². The molecular formula is C23H30N8O3. The summed E-state index contributed by atoms with van der Waals surface area (Å²) >= 11 is 0. The molecule has 0 aliphatic carbocycles. The maximum absolute atomic E-state index is 11.5. The summed E-state index contributed by atoms with van der Waals surface area (Å²) in [4.78, 5) is 30.4. The second-order valence-electron chi connectivity index (χ2n) is 8.70. The van der Waals surface area contributed by atoms with Crippen LogP contribution in [0.25, 0.3) is 11.2 Å². The Balaban J connectivity index is 1.35. The number of piperidine rings is 1. The first-order valence-corrected chi connectivity index (χ1v) is 11.7. The molecule has 3 aromatic rings. The zero-order valence-electron chi connectivity index (χ0n) is 19.2. The second kappa shape index (κ2) is 9.72. The van der Waals surface area contributed by atoms with Crippen LogP contribution < -0.4 is 26.0 Å². The van der Waals surface area contributed by atoms with Crippen LogP contribution in [-0.4, -0.2) is 65.3 Å². The lowest BCUT2D eigenvalue weighted by Gasteiger charge is -2.32. The molecule has 34 heavy (non-hydrogen) atoms. The number of aromatic nitrogens is 4. The average molecular weight is 467 g/mol. The van der Waals surface area contributed by atoms with Gasteiger partial charge in [0.2, 0.25) is 11.9 Å². The lowest BCUT2D eigenvalue weighted by Crippen LogP contribution is -2.38. The number of nitrogens with zero attached hydrogens (tertiary/aromatic N) is 4. The van der Waals surface area contributed by atoms with Crippen LogP contribution in [0.4, 0.5) is 23.1 Å². The van der Waals surface area contributed by atoms with Crippen molar-refractivity contribution in [3.05, 3.63) is 24.5 Å². The number of primary amides is 1. The first kappa shape index (κ1) is 22.2. The Labute approximate surface area is 197 Å². The fourth-order valence-corrected chi connectivity index (χ4v) is 4.55. The molecule has 0 spiro atoms. The standard InChI is InChI=1S/C23H30N8O3/c1-33-18-12-16(31-8-4-14(5-9-31)20(24)32)2-3-17(18)28-23-29-21-19(25-13-26-21)22(30-23)27-15-6-10-34-11-7-15/h2-3,12-15H,4-11H2,1H3,(H2,24,32)(H3,25,26,27,28,29,30). The van der Waals surface area contributed by atoms with Crippen LogP contribution in [0.3, 0.4) is 0 Å². The minimum Gasteiger partial charge on any atom is -0.494 e. The van der Waals surface area contributed by atoms with Crippen LogP contribution in [0, 0.1) is 5.92 Å². The van der Waals surface area contributed by atoms with Crippen molar-refractivity contribution in [1.82, 2.24) is 19.9 Å². The van der Waals surface area contributed by atoms with Gasteiger partial charge >= 0.3 is 0 Å². The Morgan fingerprint density at radius 2 is 2.00 bits per heavy atom. The predicted molar refractivity (Wildman–Crippen MR) is 130 cm³/mol. The molecule has 0 unspecified atom stereocenters. The molecule has 0 saturated carbocycles. The number of amides is 1. The van der Waals surface area contributed by atoms with E-state index < -0.39 is 0 Å². The Kier molecular flexibility index (Phi) is 6.35. The number of anilines is 4. The van der Waals surface area contributed by atoms with E-state index in [2.05, 4.69) is 30.5 Å². The number of benzene rings is 1. The number of rotatable bonds is 7. The number of ether oxygens (including phenoxy) is 2. The Morgan fingerprint density at radius 3 is 2.74 bits per heavy atom. The van der Waals surface area contributed by atoms with Gasteiger partial charge in [0.25, 0.3) is 0 Å². The summed E-state index contributed by atoms with van der Waals surface area (Å²) in [7, 11) is 1.64. The second-order valence-corrected chi connectivity index (χ2v) is 8.70. The van der Waals surface area contributed by atoms with Crippen molar-refractivity contribution in [3.63, 3.8) is 0 Å². The van der Waals surface area contributed by atoms with Crippen molar-refractivity contribution in [2.45, 2.75) is 31.7 Å². The summed E-state index contributed by atoms with van der Waals surface area (Å²) in [6.07, 6.45) is 4.99. The van der Waals surface area contributed by atoms with Crippen molar-refractivity contribution < 1.29 is 14.3 Å². The molecule has 2 fully saturated rings. The number of carbonyl (C=O) groups is 1. The van der Waals surface area contributed by atoms with Gasteiger partial charge in [-0.3, -0.25) is 4.79 Å². The molecule has 2 saturated heterocycles. The minimum atomic E-state index is -0.212. The van der Waals surface area contributed by atoms with Crippen LogP contribution in [0.2, 0.25) is 0 Å². The van der Waals surface area contributed by atoms with Gasteiger partial charge in [0.15, 0.2) is 11.5 Å². The first-order valence-electron chi connectivity index (χ1n) is 11.7. The van der Waals surface area contributed by atoms with E-state index in [0.29, 0.717) is 23.2 Å². The van der Waals surface area contributed by atoms with Gasteiger partial charge in [-0.25, -0.2) is 4.98 Å². The summed E-state index contributed by atoms with van der Waals surface area (Å²) in [6.45, 7) is 3.04. The molecule has 180 valence electrons. The molecule has 1 amide bonds. The smallest absolute Gasteiger partial charge is 0.231 e. The van der Waals surface area contributed by atoms with Gasteiger partial charge in [-0.1, -0.05) is 0 Å². The quantitative estimate of drug-likeness (QED) is 0.413. The third-order valence-corrected chi connectivity index (χ3v) is 6.54. The summed E-state index contributed by atoms with van der Waals surface area (Å²) in [5, 5.41) is 6.80. The molecule has 2 aromatic heterocycles. The van der Waals surface area contributed by atoms with Crippen LogP contribution in [-0.2, 0) is 9.53 Å². The van der Waals surface area contributed by atoms with E-state index in [9.17, 15) is 4.79 Å². The molecule has 0 atom stereocenters. The molecular weight excluding hydrogens is 436 g/mol. The summed E-state index contributed by atoms with van der Waals surface area (Å²) in [5.41, 5.74) is 8.62. The highest BCUT2D eigenvalue weighted by atomic mass is 16.5. The number of carbonyl (C=O) groups excluding carboxylic acids is 1. The van der Waals surface area contributed by atoms with Crippen LogP contribution in [0.1, 0.15) is 25.7 Å². The monoisotopic (exact) mass is 466 g/mol. The number of nitrogens with one attached hydrogen (secondary N) is 3. The fourth-order valence-electron chi connectivity index (χ4n) is 4.55. The van der Waals surface area contributed by atoms with Crippen molar-refractivity contribution >= 4 is 40.2 Å². The number of H-pyrrole nitrogens is 1. The SMILES string of the molecule is COc1cc(N2CCC(C(N)=O)CC2)ccc1Nc1nc(NC2CCOCC2)c2[nH]cnc2n1. The highest BCUT2D eigenvalue weighted by molar-refractivity contribution is 5.84. The van der Waals surface area contributed by atoms with Crippen molar-refractivity contribution in [2.24, 2.45) is 11.7 Å². The van der Waals surface area contributed by atoms with Crippen molar-refractivity contribution in [1.29, 1.82) is 0 Å². The van der Waals surface area contributed by atoms with Gasteiger partial charge in [0.1, 0.15) is 11.3 Å². The summed E-state index contributed by atoms with van der Waals surface area (Å²) in [5.74, 6) is 1.57. The zero-order chi connectivity index (χ0) is 23.5. The number of nitrogens with two attached hydrogens (primary N) is 1. The number of methoxy groups -OCH3 is 1. The Hall–Kier alpha value is -3.60. The van der Waals surface area contributed by atoms with Gasteiger partial charge in [-0.2, -0.15) is 9.97 Å². The maximum Gasteiger partial charge on any atom is 0.231 e. The van der Waals surface area contributed by atoms with E-state index in [1.165, 1.54) is 0 Å². The van der Waals surface area contributed by atoms with E-state index in [0.717, 1.165) is 68.9 Å². The van der Waals surface area contributed by atoms with E-state index >= 15 is 0 Å². The van der Waals surface area contributed by atoms with E-state index in [4.69, 9.17) is 20.2 Å². The van der Waals surface area contributed by atoms with Crippen LogP contribution in [0.5, 0.6) is 5.75 Å². The zero-order valence-corrected chi connectivity index (χ0v) is 19.2. The number of fused-ring (bicyclic) bond motifs is 1. The van der Waals surface area contributed by atoms with Crippen LogP contribution in [0.15, 0.2) is 24.5 Å². The van der Waals surface area contributed by atoms with E-state index in [1.807, 2.05) is 18.2 Å². The highest BCUT2D eigenvalue weighted by Crippen LogP contribution is 2.34. The Morgan fingerprint density at radius 1 is 1.21 bits per heavy atom. The number of imidazole rings is 1. The molecule has 0 bridgehead atoms. The molecule has 4 heterocycles. The Bertz CT molecular complexity index is 1150. The minimum absolute atomic E-state index is 0.0443.